The topological polar surface area (TPSA) is 120 Å². The number of anilines is 2. The van der Waals surface area contributed by atoms with E-state index in [1.165, 1.54) is 12.3 Å². The predicted octanol–water partition coefficient (Wildman–Crippen LogP) is 2.81. The second-order valence-corrected chi connectivity index (χ2v) is 4.49. The zero-order valence-electron chi connectivity index (χ0n) is 12.1. The van der Waals surface area contributed by atoms with E-state index in [4.69, 9.17) is 5.41 Å². The number of nitro groups is 1. The third-order valence-corrected chi connectivity index (χ3v) is 2.85. The van der Waals surface area contributed by atoms with Gasteiger partial charge in [-0.2, -0.15) is 5.10 Å². The fourth-order valence-electron chi connectivity index (χ4n) is 1.80. The van der Waals surface area contributed by atoms with Gasteiger partial charge in [-0.15, -0.1) is 0 Å². The number of hydrazone groups is 1. The van der Waals surface area contributed by atoms with Gasteiger partial charge in [-0.25, -0.2) is 0 Å². The van der Waals surface area contributed by atoms with E-state index < -0.39 is 4.92 Å². The Labute approximate surface area is 128 Å². The number of carbonyl (C=O) groups excluding carboxylic acids is 1. The van der Waals surface area contributed by atoms with Crippen LogP contribution in [0.3, 0.4) is 0 Å². The minimum Gasteiger partial charge on any atom is -0.379 e. The lowest BCUT2D eigenvalue weighted by Crippen LogP contribution is -2.05. The molecule has 0 aromatic heterocycles. The fourth-order valence-corrected chi connectivity index (χ4v) is 1.80. The van der Waals surface area contributed by atoms with Crippen LogP contribution in [0.15, 0.2) is 23.3 Å². The maximum Gasteiger partial charge on any atom is 0.294 e. The molecular formula is C14H19N5O3. The van der Waals surface area contributed by atoms with Crippen molar-refractivity contribution in [3.05, 3.63) is 28.3 Å². The highest BCUT2D eigenvalue weighted by molar-refractivity contribution is 6.14. The van der Waals surface area contributed by atoms with Gasteiger partial charge in [-0.1, -0.05) is 6.42 Å². The quantitative estimate of drug-likeness (QED) is 0.191. The molecule has 0 amide bonds. The van der Waals surface area contributed by atoms with Crippen molar-refractivity contribution >= 4 is 35.8 Å². The molecule has 0 heterocycles. The minimum atomic E-state index is -0.458. The monoisotopic (exact) mass is 305 g/mol. The Morgan fingerprint density at radius 2 is 2.14 bits per heavy atom. The Bertz CT molecular complexity index is 545. The summed E-state index contributed by atoms with van der Waals surface area (Å²) in [4.78, 5) is 20.8. The highest BCUT2D eigenvalue weighted by atomic mass is 16.6. The first-order valence-corrected chi connectivity index (χ1v) is 6.93. The smallest absolute Gasteiger partial charge is 0.294 e. The van der Waals surface area contributed by atoms with E-state index >= 15 is 0 Å². The van der Waals surface area contributed by atoms with Gasteiger partial charge in [0.05, 0.1) is 16.8 Å². The Morgan fingerprint density at radius 1 is 1.32 bits per heavy atom. The first kappa shape index (κ1) is 17.3. The summed E-state index contributed by atoms with van der Waals surface area (Å²) >= 11 is 0. The summed E-state index contributed by atoms with van der Waals surface area (Å²) in [5.74, 6) is 0. The van der Waals surface area contributed by atoms with E-state index in [9.17, 15) is 14.9 Å². The standard InChI is InChI=1S/C14H19N5O3/c15-7-9-17-18-12-5-6-13(14(11-12)19(21)22)16-8-3-1-2-4-10-20/h5-7,9-11,15-16,18H,1-4,8H2/b15-7?,17-9-. The summed E-state index contributed by atoms with van der Waals surface area (Å²) in [6, 6.07) is 4.67. The molecule has 22 heavy (non-hydrogen) atoms. The van der Waals surface area contributed by atoms with Crippen molar-refractivity contribution in [3.8, 4) is 0 Å². The van der Waals surface area contributed by atoms with E-state index in [0.717, 1.165) is 31.8 Å². The van der Waals surface area contributed by atoms with Gasteiger partial charge < -0.3 is 15.5 Å². The van der Waals surface area contributed by atoms with Crippen LogP contribution in [0.5, 0.6) is 0 Å². The number of hydrogen-bond acceptors (Lipinski definition) is 7. The molecule has 0 fully saturated rings. The van der Waals surface area contributed by atoms with Crippen LogP contribution in [0.2, 0.25) is 0 Å². The number of nitrogens with one attached hydrogen (secondary N) is 3. The number of rotatable bonds is 11. The second-order valence-electron chi connectivity index (χ2n) is 4.49. The first-order chi connectivity index (χ1) is 10.7. The maximum atomic E-state index is 11.1. The number of aldehydes is 1. The Morgan fingerprint density at radius 3 is 2.82 bits per heavy atom. The second kappa shape index (κ2) is 10.0. The number of nitrogens with zero attached hydrogens (tertiary/aromatic N) is 2. The first-order valence-electron chi connectivity index (χ1n) is 6.93. The van der Waals surface area contributed by atoms with Crippen molar-refractivity contribution in [1.82, 2.24) is 0 Å². The van der Waals surface area contributed by atoms with Gasteiger partial charge in [0, 0.05) is 25.2 Å². The van der Waals surface area contributed by atoms with Crippen LogP contribution < -0.4 is 10.7 Å². The van der Waals surface area contributed by atoms with Gasteiger partial charge in [0.2, 0.25) is 0 Å². The number of nitro benzene ring substituents is 1. The summed E-state index contributed by atoms with van der Waals surface area (Å²) in [6.07, 6.45) is 6.26. The van der Waals surface area contributed by atoms with Crippen LogP contribution in [0.1, 0.15) is 25.7 Å². The molecule has 0 aliphatic heterocycles. The van der Waals surface area contributed by atoms with Gasteiger partial charge >= 0.3 is 0 Å². The average molecular weight is 305 g/mol. The third-order valence-electron chi connectivity index (χ3n) is 2.85. The molecule has 8 heteroatoms. The molecule has 8 nitrogen and oxygen atoms in total. The summed E-state index contributed by atoms with van der Waals surface area (Å²) in [5.41, 5.74) is 3.49. The van der Waals surface area contributed by atoms with Crippen LogP contribution in [0.4, 0.5) is 17.1 Å². The van der Waals surface area contributed by atoms with Crippen molar-refractivity contribution in [3.63, 3.8) is 0 Å². The number of unbranched alkanes of at least 4 members (excludes halogenated alkanes) is 3. The van der Waals surface area contributed by atoms with Crippen LogP contribution in [0.25, 0.3) is 0 Å². The molecule has 1 aromatic rings. The summed E-state index contributed by atoms with van der Waals surface area (Å²) in [6.45, 7) is 0.610. The Hall–Kier alpha value is -2.77. The van der Waals surface area contributed by atoms with E-state index in [1.54, 1.807) is 12.1 Å². The average Bonchev–Trinajstić information content (AvgIpc) is 2.51. The van der Waals surface area contributed by atoms with Crippen LogP contribution in [0, 0.1) is 15.5 Å². The molecule has 0 unspecified atom stereocenters. The van der Waals surface area contributed by atoms with Gasteiger partial charge in [0.25, 0.3) is 5.69 Å². The zero-order valence-corrected chi connectivity index (χ0v) is 12.1. The molecule has 0 bridgehead atoms. The lowest BCUT2D eigenvalue weighted by Gasteiger charge is -2.08. The normalized spacial score (nSPS) is 10.4. The summed E-state index contributed by atoms with van der Waals surface area (Å²) in [7, 11) is 0. The highest BCUT2D eigenvalue weighted by Gasteiger charge is 2.14. The summed E-state index contributed by atoms with van der Waals surface area (Å²) < 4.78 is 0. The van der Waals surface area contributed by atoms with Crippen molar-refractivity contribution in [2.45, 2.75) is 25.7 Å². The van der Waals surface area contributed by atoms with Crippen molar-refractivity contribution in [2.75, 3.05) is 17.3 Å². The lowest BCUT2D eigenvalue weighted by molar-refractivity contribution is -0.383. The molecule has 0 aliphatic carbocycles. The largest absolute Gasteiger partial charge is 0.379 e. The minimum absolute atomic E-state index is 0.0389. The van der Waals surface area contributed by atoms with Crippen molar-refractivity contribution < 1.29 is 9.72 Å². The molecule has 1 rings (SSSR count). The zero-order chi connectivity index (χ0) is 16.2. The Balaban J connectivity index is 2.61. The molecule has 118 valence electrons. The predicted molar refractivity (Wildman–Crippen MR) is 87.0 cm³/mol. The van der Waals surface area contributed by atoms with Crippen molar-refractivity contribution in [2.24, 2.45) is 5.10 Å². The molecule has 1 aromatic carbocycles. The van der Waals surface area contributed by atoms with Gasteiger partial charge in [0.15, 0.2) is 0 Å². The third kappa shape index (κ3) is 6.12. The van der Waals surface area contributed by atoms with E-state index in [2.05, 4.69) is 15.8 Å². The van der Waals surface area contributed by atoms with Gasteiger partial charge in [0.1, 0.15) is 12.0 Å². The molecule has 0 saturated carbocycles. The molecule has 0 atom stereocenters. The van der Waals surface area contributed by atoms with Gasteiger partial charge in [-0.05, 0) is 25.0 Å². The SMILES string of the molecule is N=C/C=N\Nc1ccc(NCCCCCC=O)c([N+](=O)[O-])c1. The van der Waals surface area contributed by atoms with E-state index in [1.807, 2.05) is 0 Å². The fraction of sp³-hybridized carbons (Fsp3) is 0.357. The molecule has 0 saturated heterocycles. The van der Waals surface area contributed by atoms with Gasteiger partial charge in [-0.3, -0.25) is 15.5 Å². The summed E-state index contributed by atoms with van der Waals surface area (Å²) in [5, 5.41) is 24.6. The van der Waals surface area contributed by atoms with Crippen LogP contribution in [-0.2, 0) is 4.79 Å². The van der Waals surface area contributed by atoms with Crippen LogP contribution in [-0.4, -0.2) is 30.2 Å². The molecule has 0 aliphatic rings. The number of carbonyl (C=O) groups is 1. The Kier molecular flexibility index (Phi) is 7.88. The lowest BCUT2D eigenvalue weighted by atomic mass is 10.2. The number of hydrogen-bond donors (Lipinski definition) is 3. The maximum absolute atomic E-state index is 11.1. The van der Waals surface area contributed by atoms with E-state index in [0.29, 0.717) is 24.3 Å². The molecule has 0 spiro atoms. The molecular weight excluding hydrogens is 286 g/mol. The van der Waals surface area contributed by atoms with Crippen LogP contribution >= 0.6 is 0 Å². The highest BCUT2D eigenvalue weighted by Crippen LogP contribution is 2.27. The molecule has 3 N–H and O–H groups in total. The molecule has 0 radical (unpaired) electrons. The number of benzene rings is 1. The van der Waals surface area contributed by atoms with Crippen molar-refractivity contribution in [1.29, 1.82) is 5.41 Å². The van der Waals surface area contributed by atoms with E-state index in [-0.39, 0.29) is 5.69 Å².